The van der Waals surface area contributed by atoms with Gasteiger partial charge in [-0.3, -0.25) is 14.9 Å². The van der Waals surface area contributed by atoms with Gasteiger partial charge in [-0.2, -0.15) is 0 Å². The maximum Gasteiger partial charge on any atom is 0.298 e. The number of hydrogen-bond acceptors (Lipinski definition) is 4. The number of pyridine rings is 1. The van der Waals surface area contributed by atoms with Gasteiger partial charge in [0.1, 0.15) is 5.82 Å². The molecule has 112 valence electrons. The monoisotopic (exact) mass is 441 g/mol. The minimum Gasteiger partial charge on any atom is -0.316 e. The van der Waals surface area contributed by atoms with Crippen LogP contribution in [-0.2, 0) is 4.79 Å². The van der Waals surface area contributed by atoms with E-state index in [0.29, 0.717) is 15.9 Å². The Labute approximate surface area is 148 Å². The number of anilines is 1. The lowest BCUT2D eigenvalue weighted by Crippen LogP contribution is -2.38. The van der Waals surface area contributed by atoms with Crippen molar-refractivity contribution in [1.82, 2.24) is 10.3 Å². The van der Waals surface area contributed by atoms with E-state index in [-0.39, 0.29) is 5.11 Å². The zero-order valence-corrected chi connectivity index (χ0v) is 15.0. The molecule has 22 heavy (non-hydrogen) atoms. The van der Waals surface area contributed by atoms with Crippen molar-refractivity contribution >= 4 is 66.7 Å². The number of aromatic nitrogens is 1. The first-order valence-electron chi connectivity index (χ1n) is 6.00. The molecule has 0 unspecified atom stereocenters. The molecule has 1 aromatic heterocycles. The average molecular weight is 443 g/mol. The third kappa shape index (κ3) is 4.43. The normalized spacial score (nSPS) is 9.91. The Morgan fingerprint density at radius 1 is 1.14 bits per heavy atom. The van der Waals surface area contributed by atoms with Crippen molar-refractivity contribution in [3.8, 4) is 0 Å². The van der Waals surface area contributed by atoms with Crippen LogP contribution in [0.15, 0.2) is 51.5 Å². The highest BCUT2D eigenvalue weighted by molar-refractivity contribution is 9.11. The molecule has 1 aromatic carbocycles. The molecule has 0 aliphatic carbocycles. The summed E-state index contributed by atoms with van der Waals surface area (Å²) in [5, 5.41) is 5.06. The Bertz CT molecular complexity index is 738. The van der Waals surface area contributed by atoms with Gasteiger partial charge in [-0.25, -0.2) is 4.98 Å². The van der Waals surface area contributed by atoms with Crippen LogP contribution in [-0.4, -0.2) is 21.8 Å². The van der Waals surface area contributed by atoms with E-state index in [4.69, 9.17) is 12.2 Å². The second kappa shape index (κ2) is 7.57. The minimum absolute atomic E-state index is 0.00944. The Kier molecular flexibility index (Phi) is 5.76. The van der Waals surface area contributed by atoms with E-state index in [2.05, 4.69) is 47.5 Å². The summed E-state index contributed by atoms with van der Waals surface area (Å²) in [5.41, 5.74) is 0.297. The summed E-state index contributed by atoms with van der Waals surface area (Å²) in [4.78, 5) is 27.9. The number of rotatable bonds is 3. The number of Topliss-reactive ketones (excluding diaryl/α,β-unsaturated/α-hetero) is 1. The predicted octanol–water partition coefficient (Wildman–Crippen LogP) is 3.30. The molecule has 1 amide bonds. The fourth-order valence-corrected chi connectivity index (χ4v) is 2.80. The highest BCUT2D eigenvalue weighted by Gasteiger charge is 2.17. The van der Waals surface area contributed by atoms with Gasteiger partial charge in [0.05, 0.1) is 4.47 Å². The maximum absolute atomic E-state index is 11.9. The van der Waals surface area contributed by atoms with Gasteiger partial charge in [0.2, 0.25) is 0 Å². The number of nitrogens with one attached hydrogen (secondary N) is 2. The van der Waals surface area contributed by atoms with Gasteiger partial charge in [0.25, 0.3) is 11.7 Å². The number of halogens is 2. The van der Waals surface area contributed by atoms with E-state index in [1.807, 2.05) is 0 Å². The maximum atomic E-state index is 11.9. The zero-order valence-electron chi connectivity index (χ0n) is 11.0. The molecule has 0 aliphatic rings. The molecule has 2 rings (SSSR count). The van der Waals surface area contributed by atoms with Crippen LogP contribution in [0.3, 0.4) is 0 Å². The van der Waals surface area contributed by atoms with Crippen molar-refractivity contribution in [2.75, 3.05) is 5.32 Å². The first-order valence-corrected chi connectivity index (χ1v) is 7.99. The molecule has 0 radical (unpaired) electrons. The lowest BCUT2D eigenvalue weighted by atomic mass is 10.1. The summed E-state index contributed by atoms with van der Waals surface area (Å²) in [5.74, 6) is -1.04. The quantitative estimate of drug-likeness (QED) is 0.433. The Hall–Kier alpha value is -1.64. The summed E-state index contributed by atoms with van der Waals surface area (Å²) in [7, 11) is 0. The smallest absolute Gasteiger partial charge is 0.298 e. The van der Waals surface area contributed by atoms with Crippen LogP contribution in [0.4, 0.5) is 5.82 Å². The van der Waals surface area contributed by atoms with Gasteiger partial charge >= 0.3 is 0 Å². The Morgan fingerprint density at radius 2 is 1.82 bits per heavy atom. The molecule has 0 saturated heterocycles. The van der Waals surface area contributed by atoms with Crippen molar-refractivity contribution in [2.45, 2.75) is 0 Å². The second-order valence-corrected chi connectivity index (χ2v) is 6.27. The van der Waals surface area contributed by atoms with E-state index in [9.17, 15) is 9.59 Å². The van der Waals surface area contributed by atoms with Gasteiger partial charge in [-0.15, -0.1) is 0 Å². The summed E-state index contributed by atoms with van der Waals surface area (Å²) < 4.78 is 1.45. The van der Waals surface area contributed by atoms with E-state index < -0.39 is 11.7 Å². The number of nitrogens with zero attached hydrogens (tertiary/aromatic N) is 1. The van der Waals surface area contributed by atoms with Gasteiger partial charge < -0.3 is 5.32 Å². The van der Waals surface area contributed by atoms with Crippen molar-refractivity contribution in [3.05, 3.63) is 57.1 Å². The molecule has 0 atom stereocenters. The van der Waals surface area contributed by atoms with E-state index in [1.165, 1.54) is 0 Å². The molecular formula is C14H9Br2N3O2S. The molecule has 5 nitrogen and oxygen atoms in total. The molecule has 1 heterocycles. The molecule has 0 bridgehead atoms. The minimum atomic E-state index is -0.808. The number of carbonyl (C=O) groups is 2. The Balaban J connectivity index is 2.00. The van der Waals surface area contributed by atoms with Gasteiger partial charge in [-0.1, -0.05) is 30.3 Å². The summed E-state index contributed by atoms with van der Waals surface area (Å²) in [6.07, 6.45) is 1.58. The van der Waals surface area contributed by atoms with Crippen molar-refractivity contribution in [1.29, 1.82) is 0 Å². The molecule has 0 fully saturated rings. The van der Waals surface area contributed by atoms with Gasteiger partial charge in [0.15, 0.2) is 5.11 Å². The molecular weight excluding hydrogens is 434 g/mol. The van der Waals surface area contributed by atoms with E-state index in [0.717, 1.165) is 4.47 Å². The topological polar surface area (TPSA) is 71.1 Å². The highest BCUT2D eigenvalue weighted by Crippen LogP contribution is 2.23. The number of thiocarbonyl (C=S) groups is 1. The zero-order chi connectivity index (χ0) is 16.1. The number of ketones is 1. The third-order valence-corrected chi connectivity index (χ3v) is 3.75. The average Bonchev–Trinajstić information content (AvgIpc) is 2.50. The van der Waals surface area contributed by atoms with Crippen LogP contribution in [0.1, 0.15) is 10.4 Å². The molecule has 2 aromatic rings. The van der Waals surface area contributed by atoms with E-state index >= 15 is 0 Å². The number of amides is 1. The largest absolute Gasteiger partial charge is 0.316 e. The standard InChI is InChI=1S/C14H9Br2N3O2S/c15-9-6-10(16)12(17-7-9)18-14(22)19-13(21)11(20)8-4-2-1-3-5-8/h1-7H,(H2,17,18,19,21,22). The van der Waals surface area contributed by atoms with Crippen molar-refractivity contribution < 1.29 is 9.59 Å². The summed E-state index contributed by atoms with van der Waals surface area (Å²) in [6.45, 7) is 0. The predicted molar refractivity (Wildman–Crippen MR) is 94.8 cm³/mol. The third-order valence-electron chi connectivity index (χ3n) is 2.51. The first-order chi connectivity index (χ1) is 10.5. The Morgan fingerprint density at radius 3 is 2.45 bits per heavy atom. The molecule has 2 N–H and O–H groups in total. The number of hydrogen-bond donors (Lipinski definition) is 2. The van der Waals surface area contributed by atoms with Crippen molar-refractivity contribution in [2.24, 2.45) is 0 Å². The molecule has 0 spiro atoms. The van der Waals surface area contributed by atoms with Gasteiger partial charge in [-0.05, 0) is 50.1 Å². The number of benzene rings is 1. The summed E-state index contributed by atoms with van der Waals surface area (Å²) in [6, 6.07) is 10.0. The fourth-order valence-electron chi connectivity index (χ4n) is 1.53. The lowest BCUT2D eigenvalue weighted by Gasteiger charge is -2.09. The van der Waals surface area contributed by atoms with Gasteiger partial charge in [0, 0.05) is 16.2 Å². The number of carbonyl (C=O) groups excluding carboxylic acids is 2. The fraction of sp³-hybridized carbons (Fsp3) is 0. The summed E-state index contributed by atoms with van der Waals surface area (Å²) >= 11 is 11.6. The second-order valence-electron chi connectivity index (χ2n) is 4.09. The van der Waals surface area contributed by atoms with E-state index in [1.54, 1.807) is 42.6 Å². The van der Waals surface area contributed by atoms with Crippen LogP contribution >= 0.6 is 44.1 Å². The molecule has 0 aliphatic heterocycles. The van der Waals surface area contributed by atoms with Crippen LogP contribution in [0.25, 0.3) is 0 Å². The molecule has 8 heteroatoms. The highest BCUT2D eigenvalue weighted by atomic mass is 79.9. The lowest BCUT2D eigenvalue weighted by molar-refractivity contribution is -0.115. The van der Waals surface area contributed by atoms with Crippen LogP contribution in [0.5, 0.6) is 0 Å². The first kappa shape index (κ1) is 16.7. The van der Waals surface area contributed by atoms with Crippen LogP contribution in [0, 0.1) is 0 Å². The SMILES string of the molecule is O=C(NC(=S)Nc1ncc(Br)cc1Br)C(=O)c1ccccc1. The van der Waals surface area contributed by atoms with Crippen LogP contribution in [0.2, 0.25) is 0 Å². The van der Waals surface area contributed by atoms with Crippen LogP contribution < -0.4 is 10.6 Å². The van der Waals surface area contributed by atoms with Crippen molar-refractivity contribution in [3.63, 3.8) is 0 Å². The molecule has 0 saturated carbocycles.